The normalized spacial score (nSPS) is 16.0. The molecule has 0 bridgehead atoms. The lowest BCUT2D eigenvalue weighted by Crippen LogP contribution is -2.33. The summed E-state index contributed by atoms with van der Waals surface area (Å²) < 4.78 is 15.2. The van der Waals surface area contributed by atoms with Crippen molar-refractivity contribution in [3.05, 3.63) is 65.1 Å². The van der Waals surface area contributed by atoms with Crippen LogP contribution < -0.4 is 5.32 Å². The molecule has 148 valence electrons. The number of ketones is 1. The Hall–Kier alpha value is -2.99. The first-order valence-electron chi connectivity index (χ1n) is 10.0. The van der Waals surface area contributed by atoms with Crippen molar-refractivity contribution in [1.29, 1.82) is 0 Å². The van der Waals surface area contributed by atoms with Crippen molar-refractivity contribution in [1.82, 2.24) is 9.47 Å². The molecule has 2 aromatic carbocycles. The van der Waals surface area contributed by atoms with Gasteiger partial charge in [-0.1, -0.05) is 12.1 Å². The number of carbonyl (C=O) groups is 2. The summed E-state index contributed by atoms with van der Waals surface area (Å²) in [5.74, 6) is -0.238. The first-order valence-corrected chi connectivity index (χ1v) is 10.0. The summed E-state index contributed by atoms with van der Waals surface area (Å²) in [6.07, 6.45) is 2.14. The second-order valence-electron chi connectivity index (χ2n) is 7.82. The van der Waals surface area contributed by atoms with Crippen molar-refractivity contribution in [2.45, 2.75) is 32.4 Å². The highest BCUT2D eigenvalue weighted by Crippen LogP contribution is 2.36. The van der Waals surface area contributed by atoms with Crippen molar-refractivity contribution in [2.24, 2.45) is 0 Å². The van der Waals surface area contributed by atoms with Crippen LogP contribution in [0.2, 0.25) is 0 Å². The standard InChI is InChI=1S/C23H22FN3O2/c24-16-8-6-15(7-9-16)21(28)5-2-11-26-12-10-20-18(13-26)17-3-1-4-19-23(17)27(20)14-22(29)25-19/h1,3-4,6-9H,2,5,10-14H2,(H,25,29). The van der Waals surface area contributed by atoms with Crippen LogP contribution in [0.25, 0.3) is 10.9 Å². The van der Waals surface area contributed by atoms with Gasteiger partial charge in [-0.2, -0.15) is 0 Å². The second-order valence-corrected chi connectivity index (χ2v) is 7.82. The molecule has 3 aromatic rings. The van der Waals surface area contributed by atoms with Crippen LogP contribution in [0.4, 0.5) is 10.1 Å². The molecule has 1 aromatic heterocycles. The van der Waals surface area contributed by atoms with Crippen molar-refractivity contribution >= 4 is 28.3 Å². The van der Waals surface area contributed by atoms with E-state index in [1.165, 1.54) is 28.8 Å². The molecule has 1 N–H and O–H groups in total. The maximum Gasteiger partial charge on any atom is 0.244 e. The van der Waals surface area contributed by atoms with E-state index < -0.39 is 0 Å². The Balaban J connectivity index is 1.28. The third-order valence-corrected chi connectivity index (χ3v) is 5.97. The smallest absolute Gasteiger partial charge is 0.244 e. The number of nitrogens with one attached hydrogen (secondary N) is 1. The maximum absolute atomic E-state index is 13.0. The number of rotatable bonds is 5. The highest BCUT2D eigenvalue weighted by molar-refractivity contribution is 6.06. The molecule has 29 heavy (non-hydrogen) atoms. The number of hydrogen-bond donors (Lipinski definition) is 1. The molecule has 0 spiro atoms. The van der Waals surface area contributed by atoms with E-state index in [4.69, 9.17) is 0 Å². The summed E-state index contributed by atoms with van der Waals surface area (Å²) >= 11 is 0. The first-order chi connectivity index (χ1) is 14.1. The van der Waals surface area contributed by atoms with Crippen LogP contribution in [0.1, 0.15) is 34.5 Å². The molecule has 5 rings (SSSR count). The van der Waals surface area contributed by atoms with Gasteiger partial charge < -0.3 is 9.88 Å². The van der Waals surface area contributed by atoms with E-state index in [2.05, 4.69) is 20.9 Å². The van der Waals surface area contributed by atoms with Gasteiger partial charge in [0.15, 0.2) is 5.78 Å². The number of anilines is 1. The summed E-state index contributed by atoms with van der Waals surface area (Å²) in [7, 11) is 0. The van der Waals surface area contributed by atoms with Crippen LogP contribution in [0.15, 0.2) is 42.5 Å². The van der Waals surface area contributed by atoms with Gasteiger partial charge in [0, 0.05) is 42.6 Å². The Bertz CT molecular complexity index is 1120. The molecule has 0 atom stereocenters. The van der Waals surface area contributed by atoms with Crippen molar-refractivity contribution in [3.63, 3.8) is 0 Å². The van der Waals surface area contributed by atoms with Crippen LogP contribution >= 0.6 is 0 Å². The number of halogens is 1. The van der Waals surface area contributed by atoms with Gasteiger partial charge in [-0.05, 0) is 48.9 Å². The summed E-state index contributed by atoms with van der Waals surface area (Å²) in [6.45, 7) is 2.98. The molecule has 0 fully saturated rings. The number of benzene rings is 2. The van der Waals surface area contributed by atoms with Gasteiger partial charge >= 0.3 is 0 Å². The average molecular weight is 391 g/mol. The van der Waals surface area contributed by atoms with E-state index in [9.17, 15) is 14.0 Å². The molecule has 0 aliphatic carbocycles. The summed E-state index contributed by atoms with van der Waals surface area (Å²) in [6, 6.07) is 11.8. The first kappa shape index (κ1) is 18.1. The third kappa shape index (κ3) is 3.23. The maximum atomic E-state index is 13.0. The number of fused-ring (bicyclic) bond motifs is 3. The topological polar surface area (TPSA) is 54.3 Å². The Morgan fingerprint density at radius 2 is 1.93 bits per heavy atom. The summed E-state index contributed by atoms with van der Waals surface area (Å²) in [5.41, 5.74) is 5.16. The zero-order valence-corrected chi connectivity index (χ0v) is 16.1. The van der Waals surface area contributed by atoms with E-state index >= 15 is 0 Å². The fourth-order valence-electron chi connectivity index (χ4n) is 4.60. The van der Waals surface area contributed by atoms with Crippen molar-refractivity contribution in [2.75, 3.05) is 18.4 Å². The molecule has 3 heterocycles. The zero-order valence-electron chi connectivity index (χ0n) is 16.1. The van der Waals surface area contributed by atoms with E-state index in [-0.39, 0.29) is 17.5 Å². The van der Waals surface area contributed by atoms with Gasteiger partial charge in [0.25, 0.3) is 0 Å². The lowest BCUT2D eigenvalue weighted by atomic mass is 10.0. The lowest BCUT2D eigenvalue weighted by Gasteiger charge is -2.28. The van der Waals surface area contributed by atoms with E-state index in [1.807, 2.05) is 12.1 Å². The predicted molar refractivity (Wildman–Crippen MR) is 110 cm³/mol. The minimum atomic E-state index is -0.325. The van der Waals surface area contributed by atoms with Crippen LogP contribution in [0, 0.1) is 5.82 Å². The number of nitrogens with zero attached hydrogens (tertiary/aromatic N) is 2. The number of aromatic nitrogens is 1. The molecule has 0 radical (unpaired) electrons. The minimum absolute atomic E-state index is 0.0325. The largest absolute Gasteiger partial charge is 0.333 e. The van der Waals surface area contributed by atoms with Gasteiger partial charge in [0.1, 0.15) is 12.4 Å². The highest BCUT2D eigenvalue weighted by Gasteiger charge is 2.28. The van der Waals surface area contributed by atoms with Crippen LogP contribution in [-0.2, 0) is 24.3 Å². The van der Waals surface area contributed by atoms with Gasteiger partial charge in [0.2, 0.25) is 5.91 Å². The second kappa shape index (κ2) is 7.12. The van der Waals surface area contributed by atoms with Crippen molar-refractivity contribution < 1.29 is 14.0 Å². The lowest BCUT2D eigenvalue weighted by molar-refractivity contribution is -0.116. The SMILES string of the molecule is O=C1Cn2c3c(c4cccc(c42)N1)CN(CCCC(=O)c1ccc(F)cc1)CC3. The Labute approximate surface area is 168 Å². The van der Waals surface area contributed by atoms with E-state index in [0.717, 1.165) is 43.7 Å². The van der Waals surface area contributed by atoms with Crippen LogP contribution in [-0.4, -0.2) is 34.2 Å². The van der Waals surface area contributed by atoms with Gasteiger partial charge in [-0.3, -0.25) is 14.5 Å². The van der Waals surface area contributed by atoms with Gasteiger partial charge in [0.05, 0.1) is 11.2 Å². The average Bonchev–Trinajstić information content (AvgIpc) is 3.03. The van der Waals surface area contributed by atoms with Gasteiger partial charge in [-0.25, -0.2) is 4.39 Å². The van der Waals surface area contributed by atoms with E-state index in [0.29, 0.717) is 18.5 Å². The summed E-state index contributed by atoms with van der Waals surface area (Å²) in [5, 5.41) is 4.19. The molecule has 1 amide bonds. The molecular formula is C23H22FN3O2. The molecule has 6 heteroatoms. The monoisotopic (exact) mass is 391 g/mol. The van der Waals surface area contributed by atoms with Gasteiger partial charge in [-0.15, -0.1) is 0 Å². The Morgan fingerprint density at radius 1 is 1.10 bits per heavy atom. The molecule has 0 saturated carbocycles. The molecule has 0 unspecified atom stereocenters. The van der Waals surface area contributed by atoms with Crippen LogP contribution in [0.3, 0.4) is 0 Å². The fraction of sp³-hybridized carbons (Fsp3) is 0.304. The van der Waals surface area contributed by atoms with E-state index in [1.54, 1.807) is 12.1 Å². The zero-order chi connectivity index (χ0) is 20.0. The number of amides is 1. The number of carbonyl (C=O) groups excluding carboxylic acids is 2. The Kier molecular flexibility index (Phi) is 4.43. The molecule has 0 saturated heterocycles. The quantitative estimate of drug-likeness (QED) is 0.674. The number of Topliss-reactive ketones (excluding diaryl/α,β-unsaturated/α-hetero) is 1. The number of hydrogen-bond acceptors (Lipinski definition) is 3. The minimum Gasteiger partial charge on any atom is -0.333 e. The predicted octanol–water partition coefficient (Wildman–Crippen LogP) is 3.75. The summed E-state index contributed by atoms with van der Waals surface area (Å²) in [4.78, 5) is 26.7. The van der Waals surface area contributed by atoms with Crippen molar-refractivity contribution in [3.8, 4) is 0 Å². The fourth-order valence-corrected chi connectivity index (χ4v) is 4.60. The third-order valence-electron chi connectivity index (χ3n) is 5.97. The highest BCUT2D eigenvalue weighted by atomic mass is 19.1. The Morgan fingerprint density at radius 3 is 2.76 bits per heavy atom. The molecular weight excluding hydrogens is 369 g/mol. The molecule has 2 aliphatic rings. The molecule has 5 nitrogen and oxygen atoms in total. The number of para-hydroxylation sites is 1. The van der Waals surface area contributed by atoms with Crippen LogP contribution in [0.5, 0.6) is 0 Å². The molecule has 2 aliphatic heterocycles.